The van der Waals surface area contributed by atoms with E-state index in [2.05, 4.69) is 19.9 Å². The molecule has 0 aliphatic carbocycles. The van der Waals surface area contributed by atoms with Gasteiger partial charge in [-0.25, -0.2) is 4.79 Å². The van der Waals surface area contributed by atoms with Crippen LogP contribution in [0.25, 0.3) is 0 Å². The molecule has 0 amide bonds. The highest BCUT2D eigenvalue weighted by molar-refractivity contribution is 5.88. The lowest BCUT2D eigenvalue weighted by molar-refractivity contribution is -0.136. The molecular weight excluding hydrogens is 236 g/mol. The summed E-state index contributed by atoms with van der Waals surface area (Å²) >= 11 is 0. The summed E-state index contributed by atoms with van der Waals surface area (Å²) in [5, 5.41) is 0. The second kappa shape index (κ2) is 13.6. The third kappa shape index (κ3) is 10.8. The van der Waals surface area contributed by atoms with Crippen LogP contribution in [0, 0.1) is 0 Å². The van der Waals surface area contributed by atoms with Crippen LogP contribution in [0.2, 0.25) is 0 Å². The maximum atomic E-state index is 11.7. The van der Waals surface area contributed by atoms with Gasteiger partial charge in [-0.2, -0.15) is 0 Å². The van der Waals surface area contributed by atoms with Crippen LogP contribution in [0.5, 0.6) is 0 Å². The second-order valence-corrected chi connectivity index (χ2v) is 5.23. The Bertz CT molecular complexity index is 244. The van der Waals surface area contributed by atoms with Crippen molar-refractivity contribution in [2.24, 2.45) is 0 Å². The maximum Gasteiger partial charge on any atom is 0.333 e. The summed E-state index contributed by atoms with van der Waals surface area (Å²) in [6, 6.07) is 0. The number of carbonyl (C=O) groups excluding carboxylic acids is 1. The molecule has 0 unspecified atom stereocenters. The molecule has 19 heavy (non-hydrogen) atoms. The van der Waals surface area contributed by atoms with Gasteiger partial charge in [0.05, 0.1) is 7.11 Å². The molecule has 0 aromatic heterocycles. The zero-order valence-electron chi connectivity index (χ0n) is 13.2. The van der Waals surface area contributed by atoms with Crippen LogP contribution in [-0.4, -0.2) is 13.1 Å². The van der Waals surface area contributed by atoms with Crippen molar-refractivity contribution in [2.45, 2.75) is 84.5 Å². The molecule has 0 aliphatic rings. The van der Waals surface area contributed by atoms with Gasteiger partial charge in [-0.1, -0.05) is 64.9 Å². The summed E-state index contributed by atoms with van der Waals surface area (Å²) < 4.78 is 4.86. The van der Waals surface area contributed by atoms with E-state index < -0.39 is 0 Å². The molecule has 0 radical (unpaired) electrons. The van der Waals surface area contributed by atoms with Gasteiger partial charge in [0.25, 0.3) is 0 Å². The van der Waals surface area contributed by atoms with Gasteiger partial charge in [0, 0.05) is 5.57 Å². The molecule has 0 aromatic rings. The molecule has 0 aromatic carbocycles. The predicted octanol–water partition coefficient (Wildman–Crippen LogP) is 5.42. The van der Waals surface area contributed by atoms with Crippen LogP contribution in [0.15, 0.2) is 11.6 Å². The normalized spacial score (nSPS) is 11.6. The summed E-state index contributed by atoms with van der Waals surface area (Å²) in [5.41, 5.74) is 0.883. The molecule has 0 saturated heterocycles. The summed E-state index contributed by atoms with van der Waals surface area (Å²) in [6.45, 7) is 4.43. The minimum Gasteiger partial charge on any atom is -0.466 e. The van der Waals surface area contributed by atoms with E-state index in [0.29, 0.717) is 0 Å². The van der Waals surface area contributed by atoms with Crippen LogP contribution in [-0.2, 0) is 9.53 Å². The molecule has 2 nitrogen and oxygen atoms in total. The number of rotatable bonds is 12. The van der Waals surface area contributed by atoms with Crippen molar-refractivity contribution in [3.05, 3.63) is 11.6 Å². The minimum absolute atomic E-state index is 0.134. The molecular formula is C17H32O2. The molecule has 0 saturated carbocycles. The minimum atomic E-state index is -0.134. The lowest BCUT2D eigenvalue weighted by Crippen LogP contribution is -2.05. The highest BCUT2D eigenvalue weighted by Crippen LogP contribution is 2.14. The molecule has 0 heterocycles. The number of hydrogen-bond donors (Lipinski definition) is 0. The Morgan fingerprint density at radius 3 is 2.05 bits per heavy atom. The first kappa shape index (κ1) is 18.2. The van der Waals surface area contributed by atoms with E-state index in [9.17, 15) is 4.79 Å². The number of allylic oxidation sites excluding steroid dienone is 1. The highest BCUT2D eigenvalue weighted by Gasteiger charge is 2.08. The fourth-order valence-corrected chi connectivity index (χ4v) is 2.18. The van der Waals surface area contributed by atoms with Crippen LogP contribution < -0.4 is 0 Å². The molecule has 0 spiro atoms. The van der Waals surface area contributed by atoms with Crippen molar-refractivity contribution in [1.29, 1.82) is 0 Å². The van der Waals surface area contributed by atoms with Crippen LogP contribution in [0.4, 0.5) is 0 Å². The average Bonchev–Trinajstić information content (AvgIpc) is 2.44. The van der Waals surface area contributed by atoms with E-state index >= 15 is 0 Å². The predicted molar refractivity (Wildman–Crippen MR) is 82.2 cm³/mol. The number of ether oxygens (including phenoxy) is 1. The fourth-order valence-electron chi connectivity index (χ4n) is 2.18. The van der Waals surface area contributed by atoms with E-state index in [0.717, 1.165) is 24.8 Å². The molecule has 0 atom stereocenters. The summed E-state index contributed by atoms with van der Waals surface area (Å²) in [5.74, 6) is -0.134. The van der Waals surface area contributed by atoms with Crippen LogP contribution in [0.1, 0.15) is 84.5 Å². The zero-order valence-corrected chi connectivity index (χ0v) is 13.2. The Kier molecular flexibility index (Phi) is 13.1. The van der Waals surface area contributed by atoms with Gasteiger partial charge in [-0.15, -0.1) is 0 Å². The monoisotopic (exact) mass is 268 g/mol. The molecule has 0 rings (SSSR count). The number of methoxy groups -OCH3 is 1. The summed E-state index contributed by atoms with van der Waals surface area (Å²) in [4.78, 5) is 11.7. The van der Waals surface area contributed by atoms with Gasteiger partial charge in [0.1, 0.15) is 0 Å². The van der Waals surface area contributed by atoms with E-state index in [1.54, 1.807) is 0 Å². The first-order valence-electron chi connectivity index (χ1n) is 8.03. The SMILES string of the molecule is CCCCCCC/C=C(/CCCCCC)C(=O)OC. The molecule has 112 valence electrons. The Labute approximate surface area is 119 Å². The number of unbranched alkanes of at least 4 members (excludes halogenated alkanes) is 8. The first-order valence-corrected chi connectivity index (χ1v) is 8.03. The lowest BCUT2D eigenvalue weighted by Gasteiger charge is -2.05. The third-order valence-corrected chi connectivity index (χ3v) is 3.45. The molecule has 0 fully saturated rings. The van der Waals surface area contributed by atoms with Gasteiger partial charge in [0.2, 0.25) is 0 Å². The number of carbonyl (C=O) groups is 1. The van der Waals surface area contributed by atoms with Crippen molar-refractivity contribution < 1.29 is 9.53 Å². The largest absolute Gasteiger partial charge is 0.466 e. The Morgan fingerprint density at radius 1 is 0.895 bits per heavy atom. The highest BCUT2D eigenvalue weighted by atomic mass is 16.5. The van der Waals surface area contributed by atoms with Crippen molar-refractivity contribution in [2.75, 3.05) is 7.11 Å². The smallest absolute Gasteiger partial charge is 0.333 e. The standard InChI is InChI=1S/C17H32O2/c1-4-6-8-10-11-13-15-16(17(18)19-3)14-12-9-7-5-2/h15H,4-14H2,1-3H3/b16-15-. The van der Waals surface area contributed by atoms with Crippen molar-refractivity contribution >= 4 is 5.97 Å². The van der Waals surface area contributed by atoms with Crippen LogP contribution >= 0.6 is 0 Å². The third-order valence-electron chi connectivity index (χ3n) is 3.45. The van der Waals surface area contributed by atoms with Crippen molar-refractivity contribution in [1.82, 2.24) is 0 Å². The van der Waals surface area contributed by atoms with Gasteiger partial charge in [0.15, 0.2) is 0 Å². The van der Waals surface area contributed by atoms with Gasteiger partial charge < -0.3 is 4.74 Å². The number of hydrogen-bond acceptors (Lipinski definition) is 2. The Hall–Kier alpha value is -0.790. The van der Waals surface area contributed by atoms with E-state index in [-0.39, 0.29) is 5.97 Å². The topological polar surface area (TPSA) is 26.3 Å². The lowest BCUT2D eigenvalue weighted by atomic mass is 10.0. The zero-order chi connectivity index (χ0) is 14.3. The first-order chi connectivity index (χ1) is 9.26. The maximum absolute atomic E-state index is 11.7. The summed E-state index contributed by atoms with van der Waals surface area (Å²) in [7, 11) is 1.48. The molecule has 0 bridgehead atoms. The van der Waals surface area contributed by atoms with E-state index in [4.69, 9.17) is 4.74 Å². The second-order valence-electron chi connectivity index (χ2n) is 5.23. The summed E-state index contributed by atoms with van der Waals surface area (Å²) in [6.07, 6.45) is 15.2. The fraction of sp³-hybridized carbons (Fsp3) is 0.824. The Morgan fingerprint density at radius 2 is 1.47 bits per heavy atom. The van der Waals surface area contributed by atoms with Gasteiger partial charge >= 0.3 is 5.97 Å². The average molecular weight is 268 g/mol. The van der Waals surface area contributed by atoms with Crippen molar-refractivity contribution in [3.8, 4) is 0 Å². The number of esters is 1. The molecule has 0 aliphatic heterocycles. The van der Waals surface area contributed by atoms with E-state index in [1.165, 1.54) is 58.5 Å². The molecule has 2 heteroatoms. The Balaban J connectivity index is 3.93. The van der Waals surface area contributed by atoms with Crippen LogP contribution in [0.3, 0.4) is 0 Å². The van der Waals surface area contributed by atoms with E-state index in [1.807, 2.05) is 0 Å². The van der Waals surface area contributed by atoms with Gasteiger partial charge in [-0.05, 0) is 25.7 Å². The molecule has 0 N–H and O–H groups in total. The van der Waals surface area contributed by atoms with Gasteiger partial charge in [-0.3, -0.25) is 0 Å². The van der Waals surface area contributed by atoms with Crippen molar-refractivity contribution in [3.63, 3.8) is 0 Å². The quantitative estimate of drug-likeness (QED) is 0.268.